The summed E-state index contributed by atoms with van der Waals surface area (Å²) in [5.41, 5.74) is 0.656. The summed E-state index contributed by atoms with van der Waals surface area (Å²) in [6.07, 6.45) is 1.67. The average molecular weight is 218 g/mol. The zero-order valence-corrected chi connectivity index (χ0v) is 9.04. The van der Waals surface area contributed by atoms with E-state index in [-0.39, 0.29) is 5.91 Å². The maximum atomic E-state index is 11.7. The van der Waals surface area contributed by atoms with Crippen molar-refractivity contribution in [2.24, 2.45) is 0 Å². The maximum Gasteiger partial charge on any atom is 0.256 e. The van der Waals surface area contributed by atoms with Gasteiger partial charge in [-0.3, -0.25) is 4.79 Å². The Morgan fingerprint density at radius 2 is 2.07 bits per heavy atom. The van der Waals surface area contributed by atoms with Crippen LogP contribution in [0.3, 0.4) is 0 Å². The molecule has 1 aromatic heterocycles. The smallest absolute Gasteiger partial charge is 0.256 e. The van der Waals surface area contributed by atoms with Gasteiger partial charge < -0.3 is 5.32 Å². The molecule has 4 heteroatoms. The normalized spacial score (nSPS) is 9.93. The van der Waals surface area contributed by atoms with Gasteiger partial charge >= 0.3 is 0 Å². The van der Waals surface area contributed by atoms with Gasteiger partial charge in [0.15, 0.2) is 0 Å². The monoisotopic (exact) mass is 218 g/mol. The number of rotatable bonds is 2. The van der Waals surface area contributed by atoms with Gasteiger partial charge in [0.05, 0.1) is 11.2 Å². The van der Waals surface area contributed by atoms with E-state index >= 15 is 0 Å². The summed E-state index contributed by atoms with van der Waals surface area (Å²) >= 11 is 1.47. The number of nitrogens with one attached hydrogen (secondary N) is 1. The summed E-state index contributed by atoms with van der Waals surface area (Å²) < 4.78 is 0. The Bertz CT molecular complexity index is 464. The molecule has 0 bridgehead atoms. The summed E-state index contributed by atoms with van der Waals surface area (Å²) in [6.45, 7) is 1.91. The van der Waals surface area contributed by atoms with Crippen molar-refractivity contribution < 1.29 is 4.79 Å². The number of nitrogens with zero attached hydrogens (tertiary/aromatic N) is 1. The molecule has 3 nitrogen and oxygen atoms in total. The van der Waals surface area contributed by atoms with Gasteiger partial charge in [-0.25, -0.2) is 4.98 Å². The Labute approximate surface area is 91.8 Å². The Kier molecular flexibility index (Phi) is 2.78. The van der Waals surface area contributed by atoms with Crippen LogP contribution in [0.15, 0.2) is 36.5 Å². The van der Waals surface area contributed by atoms with E-state index in [0.29, 0.717) is 5.56 Å². The number of hydrogen-bond donors (Lipinski definition) is 1. The molecule has 76 valence electrons. The first-order valence-electron chi connectivity index (χ1n) is 4.54. The van der Waals surface area contributed by atoms with E-state index in [1.165, 1.54) is 11.3 Å². The van der Waals surface area contributed by atoms with Gasteiger partial charge in [-0.2, -0.15) is 0 Å². The fraction of sp³-hybridized carbons (Fsp3) is 0.0909. The van der Waals surface area contributed by atoms with Crippen LogP contribution in [0, 0.1) is 6.92 Å². The lowest BCUT2D eigenvalue weighted by Crippen LogP contribution is -2.10. The first-order chi connectivity index (χ1) is 7.25. The predicted octanol–water partition coefficient (Wildman–Crippen LogP) is 2.70. The third kappa shape index (κ3) is 2.41. The molecule has 0 saturated heterocycles. The third-order valence-electron chi connectivity index (χ3n) is 1.89. The molecule has 2 rings (SSSR count). The lowest BCUT2D eigenvalue weighted by molar-refractivity contribution is 0.102. The zero-order valence-electron chi connectivity index (χ0n) is 8.23. The van der Waals surface area contributed by atoms with Crippen LogP contribution in [0.2, 0.25) is 0 Å². The number of amides is 1. The topological polar surface area (TPSA) is 42.0 Å². The number of anilines is 1. The molecule has 15 heavy (non-hydrogen) atoms. The Morgan fingerprint density at radius 3 is 2.67 bits per heavy atom. The maximum absolute atomic E-state index is 11.7. The minimum absolute atomic E-state index is 0.0979. The Morgan fingerprint density at radius 1 is 1.33 bits per heavy atom. The van der Waals surface area contributed by atoms with Crippen LogP contribution >= 0.6 is 11.3 Å². The number of benzene rings is 1. The van der Waals surface area contributed by atoms with Crippen LogP contribution in [0.25, 0.3) is 0 Å². The van der Waals surface area contributed by atoms with Gasteiger partial charge in [-0.15, -0.1) is 11.3 Å². The van der Waals surface area contributed by atoms with Crippen LogP contribution in [-0.4, -0.2) is 10.9 Å². The molecule has 1 amide bonds. The first kappa shape index (κ1) is 9.86. The third-order valence-corrected chi connectivity index (χ3v) is 2.72. The van der Waals surface area contributed by atoms with Crippen molar-refractivity contribution in [2.75, 3.05) is 5.32 Å². The lowest BCUT2D eigenvalue weighted by Gasteiger charge is -2.00. The van der Waals surface area contributed by atoms with Crippen LogP contribution in [0.4, 0.5) is 5.00 Å². The minimum Gasteiger partial charge on any atom is -0.312 e. The van der Waals surface area contributed by atoms with Crippen molar-refractivity contribution >= 4 is 22.2 Å². The van der Waals surface area contributed by atoms with Gasteiger partial charge in [0, 0.05) is 5.56 Å². The Balaban J connectivity index is 2.11. The van der Waals surface area contributed by atoms with Gasteiger partial charge in [0.1, 0.15) is 5.00 Å². The molecule has 0 aliphatic rings. The van der Waals surface area contributed by atoms with Crippen molar-refractivity contribution in [1.29, 1.82) is 0 Å². The standard InChI is InChI=1S/C11H10N2OS/c1-8-12-7-10(15-8)13-11(14)9-5-3-2-4-6-9/h2-7H,1H3,(H,13,14). The highest BCUT2D eigenvalue weighted by Gasteiger charge is 2.06. The highest BCUT2D eigenvalue weighted by atomic mass is 32.1. The van der Waals surface area contributed by atoms with Crippen molar-refractivity contribution in [3.05, 3.63) is 47.1 Å². The quantitative estimate of drug-likeness (QED) is 0.842. The fourth-order valence-electron chi connectivity index (χ4n) is 1.19. The fourth-order valence-corrected chi connectivity index (χ4v) is 1.87. The summed E-state index contributed by atoms with van der Waals surface area (Å²) in [4.78, 5) is 15.8. The number of thiazole rings is 1. The molecule has 1 aromatic carbocycles. The number of hydrogen-bond acceptors (Lipinski definition) is 3. The molecule has 2 aromatic rings. The summed E-state index contributed by atoms with van der Waals surface area (Å²) in [6, 6.07) is 9.12. The van der Waals surface area contributed by atoms with E-state index in [1.54, 1.807) is 18.3 Å². The molecule has 0 saturated carbocycles. The van der Waals surface area contributed by atoms with Crippen molar-refractivity contribution in [1.82, 2.24) is 4.98 Å². The highest BCUT2D eigenvalue weighted by Crippen LogP contribution is 2.18. The largest absolute Gasteiger partial charge is 0.312 e. The summed E-state index contributed by atoms with van der Waals surface area (Å²) in [5.74, 6) is -0.0979. The minimum atomic E-state index is -0.0979. The molecule has 0 radical (unpaired) electrons. The Hall–Kier alpha value is -1.68. The second kappa shape index (κ2) is 4.23. The molecular formula is C11H10N2OS. The van der Waals surface area contributed by atoms with Gasteiger partial charge in [-0.05, 0) is 19.1 Å². The predicted molar refractivity (Wildman–Crippen MR) is 61.2 cm³/mol. The van der Waals surface area contributed by atoms with Gasteiger partial charge in [0.2, 0.25) is 0 Å². The number of carbonyl (C=O) groups excluding carboxylic acids is 1. The van der Waals surface area contributed by atoms with Gasteiger partial charge in [-0.1, -0.05) is 18.2 Å². The van der Waals surface area contributed by atoms with E-state index < -0.39 is 0 Å². The number of aryl methyl sites for hydroxylation is 1. The molecule has 0 aliphatic heterocycles. The van der Waals surface area contributed by atoms with E-state index in [2.05, 4.69) is 10.3 Å². The van der Waals surface area contributed by atoms with Crippen molar-refractivity contribution in [3.8, 4) is 0 Å². The summed E-state index contributed by atoms with van der Waals surface area (Å²) in [5, 5.41) is 4.52. The van der Waals surface area contributed by atoms with Gasteiger partial charge in [0.25, 0.3) is 5.91 Å². The van der Waals surface area contributed by atoms with E-state index in [4.69, 9.17) is 0 Å². The second-order valence-corrected chi connectivity index (χ2v) is 4.30. The SMILES string of the molecule is Cc1ncc(NC(=O)c2ccccc2)s1. The zero-order chi connectivity index (χ0) is 10.7. The van der Waals surface area contributed by atoms with Crippen LogP contribution in [0.5, 0.6) is 0 Å². The lowest BCUT2D eigenvalue weighted by atomic mass is 10.2. The molecular weight excluding hydrogens is 208 g/mol. The first-order valence-corrected chi connectivity index (χ1v) is 5.36. The molecule has 1 N–H and O–H groups in total. The highest BCUT2D eigenvalue weighted by molar-refractivity contribution is 7.15. The average Bonchev–Trinajstić information content (AvgIpc) is 2.65. The van der Waals surface area contributed by atoms with E-state index in [9.17, 15) is 4.79 Å². The van der Waals surface area contributed by atoms with Crippen LogP contribution < -0.4 is 5.32 Å². The molecule has 0 fully saturated rings. The second-order valence-electron chi connectivity index (χ2n) is 3.06. The van der Waals surface area contributed by atoms with E-state index in [1.807, 2.05) is 25.1 Å². The molecule has 0 aliphatic carbocycles. The van der Waals surface area contributed by atoms with Crippen LogP contribution in [0.1, 0.15) is 15.4 Å². The number of aromatic nitrogens is 1. The molecule has 0 spiro atoms. The van der Waals surface area contributed by atoms with Crippen LogP contribution in [-0.2, 0) is 0 Å². The van der Waals surface area contributed by atoms with Crippen molar-refractivity contribution in [3.63, 3.8) is 0 Å². The van der Waals surface area contributed by atoms with E-state index in [0.717, 1.165) is 10.0 Å². The summed E-state index contributed by atoms with van der Waals surface area (Å²) in [7, 11) is 0. The molecule has 1 heterocycles. The molecule has 0 unspecified atom stereocenters. The number of carbonyl (C=O) groups is 1. The molecule has 0 atom stereocenters. The van der Waals surface area contributed by atoms with Crippen molar-refractivity contribution in [2.45, 2.75) is 6.92 Å².